The van der Waals surface area contributed by atoms with Crippen LogP contribution in [0.1, 0.15) is 11.1 Å². The minimum Gasteiger partial charge on any atom is -0.300 e. The molecule has 3 aromatic rings. The number of nitrogens with zero attached hydrogens (tertiary/aromatic N) is 2. The molecule has 0 unspecified atom stereocenters. The number of aromatic nitrogens is 1. The van der Waals surface area contributed by atoms with Gasteiger partial charge in [0.25, 0.3) is 5.91 Å². The van der Waals surface area contributed by atoms with Crippen molar-refractivity contribution in [2.75, 3.05) is 6.26 Å². The molecule has 1 aliphatic rings. The monoisotopic (exact) mass is 423 g/mol. The number of thioether (sulfide) groups is 1. The van der Waals surface area contributed by atoms with Crippen LogP contribution in [0.3, 0.4) is 0 Å². The molecule has 1 N–H and O–H groups in total. The third-order valence-corrected chi connectivity index (χ3v) is 5.91. The third-order valence-electron chi connectivity index (χ3n) is 4.15. The number of nitrogens with one attached hydrogen (secondary N) is 1. The van der Waals surface area contributed by atoms with Gasteiger partial charge in [-0.25, -0.2) is 13.4 Å². The number of pyridine rings is 1. The summed E-state index contributed by atoms with van der Waals surface area (Å²) in [5.74, 6) is -0.264. The minimum atomic E-state index is -3.13. The summed E-state index contributed by atoms with van der Waals surface area (Å²) in [7, 11) is -3.13. The number of carbonyl (C=O) groups excluding carboxylic acids is 1. The molecule has 0 bridgehead atoms. The highest BCUT2D eigenvalue weighted by Crippen LogP contribution is 2.29. The van der Waals surface area contributed by atoms with Crippen molar-refractivity contribution in [2.24, 2.45) is 4.99 Å². The molecule has 1 aromatic heterocycles. The first kappa shape index (κ1) is 19.4. The lowest BCUT2D eigenvalue weighted by Gasteiger charge is -2.01. The Kier molecular flexibility index (Phi) is 5.21. The summed E-state index contributed by atoms with van der Waals surface area (Å²) in [6.07, 6.45) is 4.75. The number of benzene rings is 2. The molecule has 4 rings (SSSR count). The number of aliphatic imine (C=N–C) groups is 1. The van der Waals surface area contributed by atoms with Gasteiger partial charge < -0.3 is 5.32 Å². The molecule has 1 aliphatic heterocycles. The third kappa shape index (κ3) is 4.90. The van der Waals surface area contributed by atoms with E-state index in [1.807, 2.05) is 36.4 Å². The summed E-state index contributed by atoms with van der Waals surface area (Å²) < 4.78 is 23.0. The predicted molar refractivity (Wildman–Crippen MR) is 118 cm³/mol. The number of sulfone groups is 1. The zero-order valence-corrected chi connectivity index (χ0v) is 17.1. The van der Waals surface area contributed by atoms with Crippen molar-refractivity contribution in [1.82, 2.24) is 10.3 Å². The van der Waals surface area contributed by atoms with Crippen LogP contribution in [-0.2, 0) is 20.4 Å². The Labute approximate surface area is 172 Å². The van der Waals surface area contributed by atoms with Gasteiger partial charge in [0.1, 0.15) is 0 Å². The first-order chi connectivity index (χ1) is 13.9. The Balaban J connectivity index is 1.57. The van der Waals surface area contributed by atoms with Crippen molar-refractivity contribution < 1.29 is 13.2 Å². The maximum Gasteiger partial charge on any atom is 0.264 e. The predicted octanol–water partition coefficient (Wildman–Crippen LogP) is 3.67. The molecular weight excluding hydrogens is 406 g/mol. The number of amides is 1. The molecule has 0 atom stereocenters. The van der Waals surface area contributed by atoms with Crippen molar-refractivity contribution in [3.05, 3.63) is 76.8 Å². The second kappa shape index (κ2) is 7.81. The van der Waals surface area contributed by atoms with Crippen LogP contribution in [0.4, 0.5) is 5.69 Å². The smallest absolute Gasteiger partial charge is 0.264 e. The lowest BCUT2D eigenvalue weighted by Crippen LogP contribution is -2.19. The van der Waals surface area contributed by atoms with E-state index in [4.69, 9.17) is 0 Å². The highest BCUT2D eigenvalue weighted by molar-refractivity contribution is 8.18. The molecule has 0 saturated carbocycles. The average Bonchev–Trinajstić information content (AvgIpc) is 2.99. The van der Waals surface area contributed by atoms with E-state index < -0.39 is 9.84 Å². The average molecular weight is 424 g/mol. The van der Waals surface area contributed by atoms with Crippen LogP contribution in [0.25, 0.3) is 17.0 Å². The molecule has 8 heteroatoms. The van der Waals surface area contributed by atoms with Gasteiger partial charge in [0, 0.05) is 17.8 Å². The Hall–Kier alpha value is -2.97. The fourth-order valence-electron chi connectivity index (χ4n) is 2.95. The fourth-order valence-corrected chi connectivity index (χ4v) is 4.58. The number of hydrogen-bond acceptors (Lipinski definition) is 6. The van der Waals surface area contributed by atoms with Crippen LogP contribution in [0, 0.1) is 0 Å². The highest BCUT2D eigenvalue weighted by atomic mass is 32.2. The summed E-state index contributed by atoms with van der Waals surface area (Å²) in [5, 5.41) is 4.21. The fraction of sp³-hybridized carbons (Fsp3) is 0.0952. The summed E-state index contributed by atoms with van der Waals surface area (Å²) in [5.41, 5.74) is 3.05. The van der Waals surface area contributed by atoms with Gasteiger partial charge in [0.15, 0.2) is 15.0 Å². The van der Waals surface area contributed by atoms with E-state index in [9.17, 15) is 13.2 Å². The van der Waals surface area contributed by atoms with Crippen LogP contribution in [-0.4, -0.2) is 30.7 Å². The molecule has 0 spiro atoms. The lowest BCUT2D eigenvalue weighted by molar-refractivity contribution is -0.115. The van der Waals surface area contributed by atoms with Crippen LogP contribution < -0.4 is 5.32 Å². The van der Waals surface area contributed by atoms with E-state index in [1.54, 1.807) is 30.5 Å². The van der Waals surface area contributed by atoms with Gasteiger partial charge in [-0.1, -0.05) is 24.3 Å². The van der Waals surface area contributed by atoms with E-state index in [0.717, 1.165) is 16.5 Å². The van der Waals surface area contributed by atoms with Gasteiger partial charge in [0.2, 0.25) is 0 Å². The van der Waals surface area contributed by atoms with Crippen molar-refractivity contribution in [3.63, 3.8) is 0 Å². The zero-order valence-electron chi connectivity index (χ0n) is 15.5. The molecule has 2 heterocycles. The molecule has 0 radical (unpaired) electrons. The standard InChI is InChI=1S/C21H17N3O3S2/c1-29(26,27)13-15-4-2-6-17(11-15)23-21-24-20(25)19(28-21)12-14-7-8-18-16(10-14)5-3-9-22-18/h2-12H,13H2,1H3,(H,23,24,25)/b19-12-. The van der Waals surface area contributed by atoms with Gasteiger partial charge in [-0.05, 0) is 59.3 Å². The maximum atomic E-state index is 12.3. The quantitative estimate of drug-likeness (QED) is 0.647. The van der Waals surface area contributed by atoms with Gasteiger partial charge in [-0.15, -0.1) is 0 Å². The lowest BCUT2D eigenvalue weighted by atomic mass is 10.1. The van der Waals surface area contributed by atoms with E-state index in [1.165, 1.54) is 18.0 Å². The van der Waals surface area contributed by atoms with E-state index >= 15 is 0 Å². The Morgan fingerprint density at radius 1 is 1.14 bits per heavy atom. The van der Waals surface area contributed by atoms with Gasteiger partial charge in [-0.2, -0.15) is 0 Å². The first-order valence-corrected chi connectivity index (χ1v) is 11.6. The van der Waals surface area contributed by atoms with Crippen molar-refractivity contribution in [3.8, 4) is 0 Å². The molecule has 146 valence electrons. The van der Waals surface area contributed by atoms with Crippen molar-refractivity contribution >= 4 is 55.3 Å². The SMILES string of the molecule is CS(=O)(=O)Cc1cccc(/N=C2/NC(=O)/C(=C/c3ccc4ncccc4c3)S2)c1. The molecule has 2 aromatic carbocycles. The van der Waals surface area contributed by atoms with Gasteiger partial charge >= 0.3 is 0 Å². The van der Waals surface area contributed by atoms with Crippen LogP contribution in [0.2, 0.25) is 0 Å². The summed E-state index contributed by atoms with van der Waals surface area (Å²) in [6.45, 7) is 0. The number of fused-ring (bicyclic) bond motifs is 1. The van der Waals surface area contributed by atoms with E-state index in [0.29, 0.717) is 21.3 Å². The molecule has 6 nitrogen and oxygen atoms in total. The summed E-state index contributed by atoms with van der Waals surface area (Å²) >= 11 is 1.25. The summed E-state index contributed by atoms with van der Waals surface area (Å²) in [6, 6.07) is 16.6. The molecule has 1 amide bonds. The van der Waals surface area contributed by atoms with Gasteiger partial charge in [-0.3, -0.25) is 9.78 Å². The Bertz CT molecular complexity index is 1280. The maximum absolute atomic E-state index is 12.3. The number of rotatable bonds is 4. The minimum absolute atomic E-state index is 0.0484. The van der Waals surface area contributed by atoms with Crippen LogP contribution in [0.5, 0.6) is 0 Å². The van der Waals surface area contributed by atoms with E-state index in [-0.39, 0.29) is 11.7 Å². The molecule has 1 saturated heterocycles. The second-order valence-electron chi connectivity index (χ2n) is 6.68. The normalized spacial score (nSPS) is 17.2. The number of carbonyl (C=O) groups is 1. The Morgan fingerprint density at radius 2 is 2.00 bits per heavy atom. The summed E-state index contributed by atoms with van der Waals surface area (Å²) in [4.78, 5) is 21.6. The Morgan fingerprint density at radius 3 is 2.83 bits per heavy atom. The highest BCUT2D eigenvalue weighted by Gasteiger charge is 2.23. The molecule has 1 fully saturated rings. The van der Waals surface area contributed by atoms with Crippen LogP contribution >= 0.6 is 11.8 Å². The second-order valence-corrected chi connectivity index (χ2v) is 9.85. The molecular formula is C21H17N3O3S2. The topological polar surface area (TPSA) is 88.5 Å². The van der Waals surface area contributed by atoms with Crippen molar-refractivity contribution in [1.29, 1.82) is 0 Å². The van der Waals surface area contributed by atoms with Crippen molar-refractivity contribution in [2.45, 2.75) is 5.75 Å². The van der Waals surface area contributed by atoms with E-state index in [2.05, 4.69) is 15.3 Å². The molecule has 29 heavy (non-hydrogen) atoms. The van der Waals surface area contributed by atoms with Gasteiger partial charge in [0.05, 0.1) is 21.9 Å². The molecule has 0 aliphatic carbocycles. The largest absolute Gasteiger partial charge is 0.300 e. The first-order valence-electron chi connectivity index (χ1n) is 8.77. The van der Waals surface area contributed by atoms with Crippen LogP contribution in [0.15, 0.2) is 70.7 Å². The number of hydrogen-bond donors (Lipinski definition) is 1. The number of amidine groups is 1. The zero-order chi connectivity index (χ0) is 20.4.